The molecule has 2 heterocycles. The largest absolute Gasteiger partial charge is 0.328 e. The van der Waals surface area contributed by atoms with Crippen LogP contribution in [0.25, 0.3) is 0 Å². The number of hydrogen-bond donors (Lipinski definition) is 4. The van der Waals surface area contributed by atoms with Gasteiger partial charge < -0.3 is 10.3 Å². The third-order valence-corrected chi connectivity index (χ3v) is 2.31. The SMILES string of the molecule is O=C1NC(=O)C(C(=O)Nc2ccc(=O)[nH]c2)C(=O)N1. The number of rotatable bonds is 2. The number of anilines is 1. The van der Waals surface area contributed by atoms with Crippen LogP contribution in [0.3, 0.4) is 0 Å². The van der Waals surface area contributed by atoms with Crippen molar-refractivity contribution in [3.63, 3.8) is 0 Å². The van der Waals surface area contributed by atoms with Crippen molar-refractivity contribution in [3.8, 4) is 0 Å². The minimum atomic E-state index is -1.66. The molecule has 1 fully saturated rings. The van der Waals surface area contributed by atoms with E-state index >= 15 is 0 Å². The molecule has 1 aromatic heterocycles. The highest BCUT2D eigenvalue weighted by Gasteiger charge is 2.39. The lowest BCUT2D eigenvalue weighted by Gasteiger charge is -2.19. The minimum Gasteiger partial charge on any atom is -0.327 e. The zero-order valence-corrected chi connectivity index (χ0v) is 9.35. The third kappa shape index (κ3) is 2.65. The fourth-order valence-corrected chi connectivity index (χ4v) is 1.46. The standard InChI is InChI=1S/C10H8N4O5/c15-5-2-1-4(3-11-5)12-7(16)6-8(17)13-10(19)14-9(6)18/h1-3,6H,(H,11,15)(H,12,16)(H2,13,14,17,18,19). The van der Waals surface area contributed by atoms with Crippen molar-refractivity contribution >= 4 is 29.4 Å². The summed E-state index contributed by atoms with van der Waals surface area (Å²) in [4.78, 5) is 58.5. The number of aromatic amines is 1. The first-order valence-corrected chi connectivity index (χ1v) is 5.12. The number of urea groups is 1. The van der Waals surface area contributed by atoms with Gasteiger partial charge in [0.1, 0.15) is 0 Å². The first kappa shape index (κ1) is 12.5. The average molecular weight is 264 g/mol. The first-order valence-electron chi connectivity index (χ1n) is 5.12. The molecule has 98 valence electrons. The second kappa shape index (κ2) is 4.72. The van der Waals surface area contributed by atoms with Crippen molar-refractivity contribution in [3.05, 3.63) is 28.7 Å². The lowest BCUT2D eigenvalue weighted by atomic mass is 10.1. The number of carbonyl (C=O) groups excluding carboxylic acids is 4. The van der Waals surface area contributed by atoms with Gasteiger partial charge in [-0.05, 0) is 6.07 Å². The number of hydrogen-bond acceptors (Lipinski definition) is 5. The molecule has 0 aliphatic carbocycles. The van der Waals surface area contributed by atoms with Gasteiger partial charge in [-0.1, -0.05) is 0 Å². The minimum absolute atomic E-state index is 0.210. The van der Waals surface area contributed by atoms with Gasteiger partial charge in [0.05, 0.1) is 5.69 Å². The number of carbonyl (C=O) groups is 4. The molecule has 1 aromatic rings. The van der Waals surface area contributed by atoms with E-state index in [0.29, 0.717) is 0 Å². The molecule has 0 bridgehead atoms. The Labute approximate surface area is 105 Å². The maximum atomic E-state index is 11.7. The van der Waals surface area contributed by atoms with Gasteiger partial charge in [0.25, 0.3) is 0 Å². The van der Waals surface area contributed by atoms with E-state index in [1.165, 1.54) is 18.3 Å². The van der Waals surface area contributed by atoms with Gasteiger partial charge in [-0.25, -0.2) is 4.79 Å². The Hall–Kier alpha value is -2.97. The maximum Gasteiger partial charge on any atom is 0.328 e. The molecule has 4 N–H and O–H groups in total. The molecule has 5 amide bonds. The fourth-order valence-electron chi connectivity index (χ4n) is 1.46. The Balaban J connectivity index is 2.13. The van der Waals surface area contributed by atoms with Crippen molar-refractivity contribution in [1.82, 2.24) is 15.6 Å². The summed E-state index contributed by atoms with van der Waals surface area (Å²) in [6.07, 6.45) is 1.21. The monoisotopic (exact) mass is 264 g/mol. The Morgan fingerprint density at radius 1 is 1.05 bits per heavy atom. The molecular weight excluding hydrogens is 256 g/mol. The van der Waals surface area contributed by atoms with Crippen LogP contribution < -0.4 is 21.5 Å². The normalized spacial score (nSPS) is 15.7. The molecule has 0 atom stereocenters. The third-order valence-electron chi connectivity index (χ3n) is 2.31. The van der Waals surface area contributed by atoms with Crippen LogP contribution in [0.2, 0.25) is 0 Å². The zero-order valence-electron chi connectivity index (χ0n) is 9.35. The molecule has 9 heteroatoms. The molecule has 1 aliphatic heterocycles. The van der Waals surface area contributed by atoms with Gasteiger partial charge in [0, 0.05) is 12.3 Å². The average Bonchev–Trinajstić information content (AvgIpc) is 2.30. The van der Waals surface area contributed by atoms with E-state index in [4.69, 9.17) is 0 Å². The van der Waals surface area contributed by atoms with Crippen LogP contribution in [0.15, 0.2) is 23.1 Å². The van der Waals surface area contributed by atoms with E-state index < -0.39 is 29.7 Å². The topological polar surface area (TPSA) is 137 Å². The van der Waals surface area contributed by atoms with Gasteiger partial charge in [-0.3, -0.25) is 29.8 Å². The van der Waals surface area contributed by atoms with Gasteiger partial charge in [0.2, 0.25) is 23.3 Å². The first-order chi connectivity index (χ1) is 8.97. The van der Waals surface area contributed by atoms with Gasteiger partial charge >= 0.3 is 6.03 Å². The summed E-state index contributed by atoms with van der Waals surface area (Å²) in [5.74, 6) is -4.58. The quantitative estimate of drug-likeness (QED) is 0.471. The summed E-state index contributed by atoms with van der Waals surface area (Å²) in [5, 5.41) is 5.89. The predicted octanol–water partition coefficient (Wildman–Crippen LogP) is -1.70. The predicted molar refractivity (Wildman–Crippen MR) is 60.9 cm³/mol. The van der Waals surface area contributed by atoms with Gasteiger partial charge in [0.15, 0.2) is 5.92 Å². The van der Waals surface area contributed by atoms with Crippen LogP contribution in [0.5, 0.6) is 0 Å². The second-order valence-corrected chi connectivity index (χ2v) is 3.67. The van der Waals surface area contributed by atoms with E-state index in [9.17, 15) is 24.0 Å². The Morgan fingerprint density at radius 3 is 2.21 bits per heavy atom. The zero-order chi connectivity index (χ0) is 14.0. The number of imide groups is 2. The van der Waals surface area contributed by atoms with Crippen molar-refractivity contribution in [1.29, 1.82) is 0 Å². The van der Waals surface area contributed by atoms with Crippen LogP contribution in [0.4, 0.5) is 10.5 Å². The lowest BCUT2D eigenvalue weighted by molar-refractivity contribution is -0.141. The Kier molecular flexibility index (Phi) is 3.10. The summed E-state index contributed by atoms with van der Waals surface area (Å²) in [6, 6.07) is 1.50. The molecule has 9 nitrogen and oxygen atoms in total. The number of nitrogens with one attached hydrogen (secondary N) is 4. The summed E-state index contributed by atoms with van der Waals surface area (Å²) in [7, 11) is 0. The van der Waals surface area contributed by atoms with E-state index in [-0.39, 0.29) is 11.2 Å². The molecule has 0 unspecified atom stereocenters. The number of amides is 5. The molecule has 1 aliphatic rings. The molecule has 19 heavy (non-hydrogen) atoms. The van der Waals surface area contributed by atoms with E-state index in [0.717, 1.165) is 0 Å². The highest BCUT2D eigenvalue weighted by atomic mass is 16.2. The molecular formula is C10H8N4O5. The number of pyridine rings is 1. The van der Waals surface area contributed by atoms with Crippen molar-refractivity contribution in [2.45, 2.75) is 0 Å². The highest BCUT2D eigenvalue weighted by Crippen LogP contribution is 2.08. The lowest BCUT2D eigenvalue weighted by Crippen LogP contribution is -2.58. The van der Waals surface area contributed by atoms with Gasteiger partial charge in [-0.15, -0.1) is 0 Å². The molecule has 0 aromatic carbocycles. The maximum absolute atomic E-state index is 11.7. The number of H-pyrrole nitrogens is 1. The van der Waals surface area contributed by atoms with Crippen molar-refractivity contribution < 1.29 is 19.2 Å². The Morgan fingerprint density at radius 2 is 1.68 bits per heavy atom. The summed E-state index contributed by atoms with van der Waals surface area (Å²) < 4.78 is 0. The van der Waals surface area contributed by atoms with Crippen LogP contribution >= 0.6 is 0 Å². The molecule has 0 spiro atoms. The van der Waals surface area contributed by atoms with Crippen LogP contribution in [0, 0.1) is 5.92 Å². The molecule has 1 saturated heterocycles. The molecule has 0 radical (unpaired) electrons. The fraction of sp³-hybridized carbons (Fsp3) is 0.100. The second-order valence-electron chi connectivity index (χ2n) is 3.67. The Bertz CT molecular complexity index is 595. The smallest absolute Gasteiger partial charge is 0.327 e. The van der Waals surface area contributed by atoms with Crippen LogP contribution in [0.1, 0.15) is 0 Å². The summed E-state index contributed by atoms with van der Waals surface area (Å²) in [6.45, 7) is 0. The van der Waals surface area contributed by atoms with E-state index in [1.807, 2.05) is 10.6 Å². The molecule has 2 rings (SSSR count). The van der Waals surface area contributed by atoms with E-state index in [1.54, 1.807) is 0 Å². The van der Waals surface area contributed by atoms with Crippen LogP contribution in [-0.2, 0) is 14.4 Å². The van der Waals surface area contributed by atoms with E-state index in [2.05, 4.69) is 10.3 Å². The number of aromatic nitrogens is 1. The van der Waals surface area contributed by atoms with Crippen LogP contribution in [-0.4, -0.2) is 28.7 Å². The highest BCUT2D eigenvalue weighted by molar-refractivity contribution is 6.28. The van der Waals surface area contributed by atoms with Crippen molar-refractivity contribution in [2.75, 3.05) is 5.32 Å². The van der Waals surface area contributed by atoms with Gasteiger partial charge in [-0.2, -0.15) is 0 Å². The van der Waals surface area contributed by atoms with Crippen molar-refractivity contribution in [2.24, 2.45) is 5.92 Å². The number of barbiturate groups is 1. The molecule has 0 saturated carbocycles. The summed E-state index contributed by atoms with van der Waals surface area (Å²) in [5.41, 5.74) is -0.154. The summed E-state index contributed by atoms with van der Waals surface area (Å²) >= 11 is 0.